The van der Waals surface area contributed by atoms with E-state index in [9.17, 15) is 10.1 Å². The maximum atomic E-state index is 10.7. The summed E-state index contributed by atoms with van der Waals surface area (Å²) in [5.41, 5.74) is 4.34. The van der Waals surface area contributed by atoms with Gasteiger partial charge in [0.25, 0.3) is 5.69 Å². The molecule has 3 aromatic rings. The Hall–Kier alpha value is -4.07. The van der Waals surface area contributed by atoms with E-state index in [1.165, 1.54) is 12.1 Å². The normalized spacial score (nSPS) is 10.6. The maximum absolute atomic E-state index is 10.7. The molecule has 8 heteroatoms. The molecule has 0 amide bonds. The summed E-state index contributed by atoms with van der Waals surface area (Å²) in [6.45, 7) is 0.980. The highest BCUT2D eigenvalue weighted by Crippen LogP contribution is 2.25. The fourth-order valence-electron chi connectivity index (χ4n) is 2.71. The van der Waals surface area contributed by atoms with E-state index in [1.54, 1.807) is 25.5 Å². The minimum atomic E-state index is -0.442. The number of para-hydroxylation sites is 3. The molecule has 3 aromatic carbocycles. The molecule has 160 valence electrons. The highest BCUT2D eigenvalue weighted by molar-refractivity contribution is 5.84. The first-order valence-electron chi connectivity index (χ1n) is 9.68. The number of nitrogens with zero attached hydrogens (tertiary/aromatic N) is 2. The van der Waals surface area contributed by atoms with Crippen LogP contribution in [0.2, 0.25) is 0 Å². The van der Waals surface area contributed by atoms with Crippen LogP contribution in [0.4, 0.5) is 11.4 Å². The maximum Gasteiger partial charge on any atom is 0.269 e. The van der Waals surface area contributed by atoms with Crippen LogP contribution in [0.25, 0.3) is 0 Å². The molecule has 0 bridgehead atoms. The second-order valence-corrected chi connectivity index (χ2v) is 6.41. The Morgan fingerprint density at radius 2 is 1.52 bits per heavy atom. The van der Waals surface area contributed by atoms with Crippen LogP contribution in [-0.4, -0.2) is 31.5 Å². The Balaban J connectivity index is 1.48. The van der Waals surface area contributed by atoms with Crippen molar-refractivity contribution >= 4 is 17.6 Å². The van der Waals surface area contributed by atoms with E-state index in [1.807, 2.05) is 48.5 Å². The van der Waals surface area contributed by atoms with Crippen molar-refractivity contribution in [3.63, 3.8) is 0 Å². The molecule has 1 N–H and O–H groups in total. The van der Waals surface area contributed by atoms with Crippen LogP contribution in [0.1, 0.15) is 12.0 Å². The van der Waals surface area contributed by atoms with Crippen molar-refractivity contribution in [1.82, 2.24) is 0 Å². The topological polar surface area (TPSA) is 95.2 Å². The van der Waals surface area contributed by atoms with E-state index in [2.05, 4.69) is 10.5 Å². The first-order valence-corrected chi connectivity index (χ1v) is 9.68. The van der Waals surface area contributed by atoms with Crippen LogP contribution in [0.5, 0.6) is 17.2 Å². The smallest absolute Gasteiger partial charge is 0.269 e. The molecule has 0 atom stereocenters. The van der Waals surface area contributed by atoms with Crippen molar-refractivity contribution in [2.45, 2.75) is 6.42 Å². The summed E-state index contributed by atoms with van der Waals surface area (Å²) in [4.78, 5) is 10.3. The van der Waals surface area contributed by atoms with Crippen LogP contribution in [0, 0.1) is 10.1 Å². The fourth-order valence-corrected chi connectivity index (χ4v) is 2.71. The van der Waals surface area contributed by atoms with Gasteiger partial charge in [-0.05, 0) is 36.4 Å². The lowest BCUT2D eigenvalue weighted by atomic mass is 10.2. The van der Waals surface area contributed by atoms with Crippen molar-refractivity contribution in [2.75, 3.05) is 25.7 Å². The zero-order valence-electron chi connectivity index (χ0n) is 17.1. The Bertz CT molecular complexity index is 1020. The summed E-state index contributed by atoms with van der Waals surface area (Å²) in [6, 6.07) is 21.1. The summed E-state index contributed by atoms with van der Waals surface area (Å²) < 4.78 is 16.9. The molecule has 0 aromatic heterocycles. The Labute approximate surface area is 180 Å². The average Bonchev–Trinajstić information content (AvgIpc) is 2.80. The minimum Gasteiger partial charge on any atom is -0.493 e. The molecule has 0 saturated heterocycles. The van der Waals surface area contributed by atoms with E-state index >= 15 is 0 Å². The monoisotopic (exact) mass is 421 g/mol. The van der Waals surface area contributed by atoms with E-state index < -0.39 is 4.92 Å². The van der Waals surface area contributed by atoms with Gasteiger partial charge in [0.05, 0.1) is 37.1 Å². The summed E-state index contributed by atoms with van der Waals surface area (Å²) in [5, 5.41) is 14.9. The number of hydrogen-bond acceptors (Lipinski definition) is 7. The van der Waals surface area contributed by atoms with Gasteiger partial charge in [-0.1, -0.05) is 24.3 Å². The molecule has 0 heterocycles. The summed E-state index contributed by atoms with van der Waals surface area (Å²) in [5.74, 6) is 2.11. The van der Waals surface area contributed by atoms with Gasteiger partial charge in [0.15, 0.2) is 11.5 Å². The lowest BCUT2D eigenvalue weighted by Gasteiger charge is -2.11. The molecule has 3 rings (SSSR count). The molecule has 0 unspecified atom stereocenters. The van der Waals surface area contributed by atoms with Crippen molar-refractivity contribution in [3.05, 3.63) is 88.5 Å². The number of ether oxygens (including phenoxy) is 3. The Morgan fingerprint density at radius 3 is 2.19 bits per heavy atom. The number of nitro groups is 1. The summed E-state index contributed by atoms with van der Waals surface area (Å²) in [7, 11) is 1.61. The number of rotatable bonds is 11. The molecule has 0 saturated carbocycles. The second-order valence-electron chi connectivity index (χ2n) is 6.41. The first-order chi connectivity index (χ1) is 15.2. The predicted octanol–water partition coefficient (Wildman–Crippen LogP) is 4.90. The predicted molar refractivity (Wildman–Crippen MR) is 119 cm³/mol. The number of hydrazone groups is 1. The molecule has 0 radical (unpaired) electrons. The molecule has 0 aliphatic rings. The van der Waals surface area contributed by atoms with Crippen molar-refractivity contribution in [2.24, 2.45) is 5.10 Å². The molecule has 31 heavy (non-hydrogen) atoms. The Kier molecular flexibility index (Phi) is 7.82. The quantitative estimate of drug-likeness (QED) is 0.205. The summed E-state index contributed by atoms with van der Waals surface area (Å²) in [6.07, 6.45) is 2.34. The zero-order valence-corrected chi connectivity index (χ0v) is 17.1. The average molecular weight is 421 g/mol. The largest absolute Gasteiger partial charge is 0.493 e. The molecule has 0 aliphatic carbocycles. The van der Waals surface area contributed by atoms with Gasteiger partial charge in [0, 0.05) is 24.1 Å². The number of non-ortho nitro benzene ring substituents is 1. The SMILES string of the molecule is COc1ccccc1OCCCOc1ccccc1C=NNc1ccc([N+](=O)[O-])cc1. The zero-order chi connectivity index (χ0) is 21.9. The highest BCUT2D eigenvalue weighted by Gasteiger charge is 2.05. The van der Waals surface area contributed by atoms with Gasteiger partial charge in [-0.2, -0.15) is 5.10 Å². The van der Waals surface area contributed by atoms with Gasteiger partial charge in [-0.3, -0.25) is 15.5 Å². The lowest BCUT2D eigenvalue weighted by Crippen LogP contribution is -2.06. The van der Waals surface area contributed by atoms with Gasteiger partial charge in [0.2, 0.25) is 0 Å². The third-order valence-electron chi connectivity index (χ3n) is 4.27. The van der Waals surface area contributed by atoms with E-state index in [0.717, 1.165) is 5.56 Å². The third-order valence-corrected chi connectivity index (χ3v) is 4.27. The van der Waals surface area contributed by atoms with Crippen molar-refractivity contribution in [3.8, 4) is 17.2 Å². The second kappa shape index (κ2) is 11.2. The van der Waals surface area contributed by atoms with Crippen LogP contribution in [-0.2, 0) is 0 Å². The van der Waals surface area contributed by atoms with Crippen molar-refractivity contribution in [1.29, 1.82) is 0 Å². The van der Waals surface area contributed by atoms with Crippen molar-refractivity contribution < 1.29 is 19.1 Å². The number of anilines is 1. The number of methoxy groups -OCH3 is 1. The number of hydrogen-bond donors (Lipinski definition) is 1. The molecular formula is C23H23N3O5. The highest BCUT2D eigenvalue weighted by atomic mass is 16.6. The van der Waals surface area contributed by atoms with Crippen LogP contribution in [0.3, 0.4) is 0 Å². The number of nitrogens with one attached hydrogen (secondary N) is 1. The van der Waals surface area contributed by atoms with Gasteiger partial charge < -0.3 is 14.2 Å². The van der Waals surface area contributed by atoms with Gasteiger partial charge in [0.1, 0.15) is 5.75 Å². The van der Waals surface area contributed by atoms with Crippen LogP contribution >= 0.6 is 0 Å². The molecular weight excluding hydrogens is 398 g/mol. The van der Waals surface area contributed by atoms with E-state index in [4.69, 9.17) is 14.2 Å². The van der Waals surface area contributed by atoms with E-state index in [0.29, 0.717) is 42.6 Å². The summed E-state index contributed by atoms with van der Waals surface area (Å²) >= 11 is 0. The van der Waals surface area contributed by atoms with Crippen LogP contribution < -0.4 is 19.6 Å². The standard InChI is InChI=1S/C23H23N3O5/c1-29-22-9-4-5-10-23(22)31-16-6-15-30-21-8-3-2-7-18(21)17-24-25-19-11-13-20(14-12-19)26(27)28/h2-5,7-14,17,25H,6,15-16H2,1H3. The molecule has 0 fully saturated rings. The molecule has 8 nitrogen and oxygen atoms in total. The minimum absolute atomic E-state index is 0.0305. The fraction of sp³-hybridized carbons (Fsp3) is 0.174. The molecule has 0 aliphatic heterocycles. The number of nitro benzene ring substituents is 1. The van der Waals surface area contributed by atoms with Crippen LogP contribution in [0.15, 0.2) is 77.9 Å². The third kappa shape index (κ3) is 6.46. The molecule has 0 spiro atoms. The van der Waals surface area contributed by atoms with E-state index in [-0.39, 0.29) is 5.69 Å². The van der Waals surface area contributed by atoms with Gasteiger partial charge in [-0.25, -0.2) is 0 Å². The number of benzene rings is 3. The lowest BCUT2D eigenvalue weighted by molar-refractivity contribution is -0.384. The van der Waals surface area contributed by atoms with Gasteiger partial charge >= 0.3 is 0 Å². The van der Waals surface area contributed by atoms with Gasteiger partial charge in [-0.15, -0.1) is 0 Å². The first kappa shape index (κ1) is 21.6. The Morgan fingerprint density at radius 1 is 0.903 bits per heavy atom.